The maximum atomic E-state index is 10.5. The van der Waals surface area contributed by atoms with Crippen LogP contribution in [-0.4, -0.2) is 19.9 Å². The Hall–Kier alpha value is -1.08. The molecule has 0 aliphatic rings. The summed E-state index contributed by atoms with van der Waals surface area (Å²) in [5, 5.41) is 19.2. The van der Waals surface area contributed by atoms with Crippen LogP contribution in [0.4, 0.5) is 5.69 Å². The molecule has 0 radical (unpaired) electrons. The van der Waals surface area contributed by atoms with Gasteiger partial charge in [-0.05, 0) is 0 Å². The fourth-order valence-electron chi connectivity index (χ4n) is 0.769. The number of nitriles is 1. The Morgan fingerprint density at radius 3 is 2.85 bits per heavy atom. The van der Waals surface area contributed by atoms with Gasteiger partial charge in [-0.25, -0.2) is 0 Å². The monoisotopic (exact) mass is 262 g/mol. The van der Waals surface area contributed by atoms with Crippen LogP contribution in [0.25, 0.3) is 0 Å². The maximum absolute atomic E-state index is 10.5. The van der Waals surface area contributed by atoms with Gasteiger partial charge in [0.2, 0.25) is 0 Å². The van der Waals surface area contributed by atoms with Crippen molar-refractivity contribution in [2.24, 2.45) is 0 Å². The summed E-state index contributed by atoms with van der Waals surface area (Å²) in [6.07, 6.45) is 0. The first-order chi connectivity index (χ1) is 6.15. The van der Waals surface area contributed by atoms with E-state index in [4.69, 9.17) is 16.9 Å². The molecule has 6 heteroatoms. The molecule has 0 atom stereocenters. The first-order valence-electron chi connectivity index (χ1n) is 3.15. The molecule has 0 spiro atoms. The Labute approximate surface area is 85.4 Å². The minimum atomic E-state index is -0.527. The molecule has 0 fully saturated rings. The van der Waals surface area contributed by atoms with Crippen molar-refractivity contribution in [2.45, 2.75) is 0 Å². The SMILES string of the molecule is N#C[Se]c1ccc(Cl)cc1[N+](=O)[O-]. The quantitative estimate of drug-likeness (QED) is 0.454. The van der Waals surface area contributed by atoms with E-state index < -0.39 is 19.9 Å². The van der Waals surface area contributed by atoms with E-state index in [0.29, 0.717) is 9.48 Å². The van der Waals surface area contributed by atoms with Crippen LogP contribution in [-0.2, 0) is 0 Å². The van der Waals surface area contributed by atoms with E-state index in [0.717, 1.165) is 0 Å². The van der Waals surface area contributed by atoms with Crippen LogP contribution in [0.3, 0.4) is 0 Å². The fraction of sp³-hybridized carbons (Fsp3) is 0. The second-order valence-corrected chi connectivity index (χ2v) is 4.23. The fourth-order valence-corrected chi connectivity index (χ4v) is 1.93. The van der Waals surface area contributed by atoms with Gasteiger partial charge in [-0.2, -0.15) is 0 Å². The van der Waals surface area contributed by atoms with E-state index in [1.807, 2.05) is 4.97 Å². The Morgan fingerprint density at radius 2 is 2.31 bits per heavy atom. The van der Waals surface area contributed by atoms with Gasteiger partial charge in [0.05, 0.1) is 0 Å². The third-order valence-electron chi connectivity index (χ3n) is 1.27. The molecule has 1 rings (SSSR count). The van der Waals surface area contributed by atoms with Gasteiger partial charge in [0.25, 0.3) is 0 Å². The Morgan fingerprint density at radius 1 is 1.62 bits per heavy atom. The van der Waals surface area contributed by atoms with Gasteiger partial charge < -0.3 is 0 Å². The van der Waals surface area contributed by atoms with Crippen molar-refractivity contribution >= 4 is 36.7 Å². The van der Waals surface area contributed by atoms with Gasteiger partial charge in [-0.1, -0.05) is 0 Å². The second-order valence-electron chi connectivity index (χ2n) is 2.06. The summed E-state index contributed by atoms with van der Waals surface area (Å²) in [4.78, 5) is 11.9. The van der Waals surface area contributed by atoms with Gasteiger partial charge in [-0.3, -0.25) is 0 Å². The minimum absolute atomic E-state index is 0.0750. The van der Waals surface area contributed by atoms with Crippen LogP contribution in [0.15, 0.2) is 18.2 Å². The van der Waals surface area contributed by atoms with Crippen molar-refractivity contribution in [3.63, 3.8) is 0 Å². The van der Waals surface area contributed by atoms with Crippen LogP contribution < -0.4 is 4.46 Å². The Balaban J connectivity index is 3.20. The van der Waals surface area contributed by atoms with Crippen LogP contribution >= 0.6 is 11.6 Å². The molecule has 0 saturated carbocycles. The van der Waals surface area contributed by atoms with E-state index in [2.05, 4.69) is 0 Å². The molecule has 4 nitrogen and oxygen atoms in total. The molecule has 0 amide bonds. The number of rotatable bonds is 2. The molecule has 1 aromatic rings. The summed E-state index contributed by atoms with van der Waals surface area (Å²) in [6.45, 7) is 0. The molecule has 13 heavy (non-hydrogen) atoms. The van der Waals surface area contributed by atoms with Gasteiger partial charge in [0.1, 0.15) is 0 Å². The Bertz CT molecular complexity index is 389. The molecule has 0 aliphatic heterocycles. The molecule has 1 aromatic carbocycles. The topological polar surface area (TPSA) is 66.9 Å². The third kappa shape index (κ3) is 2.43. The number of nitro benzene ring substituents is 1. The standard InChI is InChI=1S/C7H3ClN2O2Se/c8-5-1-2-7(13-4-9)6(3-5)10(11)12/h1-3H. The van der Waals surface area contributed by atoms with Crippen molar-refractivity contribution < 1.29 is 4.92 Å². The predicted octanol–water partition coefficient (Wildman–Crippen LogP) is 1.06. The average molecular weight is 262 g/mol. The van der Waals surface area contributed by atoms with Gasteiger partial charge >= 0.3 is 85.2 Å². The van der Waals surface area contributed by atoms with Crippen LogP contribution in [0.2, 0.25) is 5.02 Å². The molecular weight excluding hydrogens is 259 g/mol. The van der Waals surface area contributed by atoms with E-state index in [9.17, 15) is 10.1 Å². The zero-order valence-electron chi connectivity index (χ0n) is 6.23. The van der Waals surface area contributed by atoms with E-state index >= 15 is 0 Å². The molecule has 0 aliphatic carbocycles. The van der Waals surface area contributed by atoms with Gasteiger partial charge in [0.15, 0.2) is 0 Å². The summed E-state index contributed by atoms with van der Waals surface area (Å²) in [5.74, 6) is 0. The van der Waals surface area contributed by atoms with Crippen molar-refractivity contribution in [2.75, 3.05) is 0 Å². The molecular formula is C7H3ClN2O2Se. The molecule has 0 heterocycles. The van der Waals surface area contributed by atoms with E-state index in [1.54, 1.807) is 6.07 Å². The second kappa shape index (κ2) is 4.24. The molecule has 0 aromatic heterocycles. The van der Waals surface area contributed by atoms with E-state index in [-0.39, 0.29) is 5.69 Å². The molecule has 66 valence electrons. The number of nitrogens with zero attached hydrogens (tertiary/aromatic N) is 2. The summed E-state index contributed by atoms with van der Waals surface area (Å²) >= 11 is 5.06. The summed E-state index contributed by atoms with van der Waals surface area (Å²) in [5.41, 5.74) is -0.0750. The first-order valence-corrected chi connectivity index (χ1v) is 5.24. The normalized spacial score (nSPS) is 9.23. The van der Waals surface area contributed by atoms with Crippen LogP contribution in [0, 0.1) is 20.3 Å². The van der Waals surface area contributed by atoms with Crippen molar-refractivity contribution in [1.29, 1.82) is 5.26 Å². The number of hydrogen-bond donors (Lipinski definition) is 0. The average Bonchev–Trinajstić information content (AvgIpc) is 2.08. The summed E-state index contributed by atoms with van der Waals surface area (Å²) in [7, 11) is 0. The van der Waals surface area contributed by atoms with E-state index in [1.165, 1.54) is 12.1 Å². The zero-order chi connectivity index (χ0) is 9.84. The molecule has 0 unspecified atom stereocenters. The third-order valence-corrected chi connectivity index (χ3v) is 2.89. The van der Waals surface area contributed by atoms with Crippen molar-refractivity contribution in [3.05, 3.63) is 33.3 Å². The van der Waals surface area contributed by atoms with Crippen LogP contribution in [0.5, 0.6) is 0 Å². The molecule has 0 bridgehead atoms. The number of halogens is 1. The predicted molar refractivity (Wildman–Crippen MR) is 49.1 cm³/mol. The number of nitro groups is 1. The van der Waals surface area contributed by atoms with Gasteiger partial charge in [-0.15, -0.1) is 0 Å². The molecule has 0 saturated heterocycles. The first kappa shape index (κ1) is 10.0. The number of hydrogen-bond acceptors (Lipinski definition) is 3. The summed E-state index contributed by atoms with van der Waals surface area (Å²) in [6, 6.07) is 4.32. The van der Waals surface area contributed by atoms with Gasteiger partial charge in [0, 0.05) is 0 Å². The molecule has 0 N–H and O–H groups in total. The number of benzene rings is 1. The summed E-state index contributed by atoms with van der Waals surface area (Å²) < 4.78 is 0.449. The zero-order valence-corrected chi connectivity index (χ0v) is 8.70. The van der Waals surface area contributed by atoms with Crippen molar-refractivity contribution in [1.82, 2.24) is 0 Å². The van der Waals surface area contributed by atoms with Crippen LogP contribution in [0.1, 0.15) is 0 Å². The Kier molecular flexibility index (Phi) is 3.26. The van der Waals surface area contributed by atoms with Crippen molar-refractivity contribution in [3.8, 4) is 4.97 Å².